The van der Waals surface area contributed by atoms with Gasteiger partial charge >= 0.3 is 0 Å². The number of aromatic amines is 1. The van der Waals surface area contributed by atoms with Crippen LogP contribution in [0.5, 0.6) is 0 Å². The number of benzene rings is 1. The normalized spacial score (nSPS) is 9.88. The Kier molecular flexibility index (Phi) is 4.77. The van der Waals surface area contributed by atoms with Crippen molar-refractivity contribution in [1.29, 1.82) is 0 Å². The molecule has 0 saturated heterocycles. The van der Waals surface area contributed by atoms with E-state index < -0.39 is 0 Å². The molecule has 0 radical (unpaired) electrons. The maximum atomic E-state index is 12.6. The summed E-state index contributed by atoms with van der Waals surface area (Å²) >= 11 is 5.64. The first-order chi connectivity index (χ1) is 7.28. The van der Waals surface area contributed by atoms with Gasteiger partial charge in [-0.05, 0) is 17.7 Å². The van der Waals surface area contributed by atoms with Crippen LogP contribution in [0.1, 0.15) is 17.1 Å². The van der Waals surface area contributed by atoms with Crippen molar-refractivity contribution in [3.8, 4) is 0 Å². The number of nitrogens with zero attached hydrogens (tertiary/aromatic N) is 1. The summed E-state index contributed by atoms with van der Waals surface area (Å²) in [5, 5.41) is 0. The number of hydrogen-bond donors (Lipinski definition) is 1. The molecule has 16 heavy (non-hydrogen) atoms. The Hall–Kier alpha value is -1.06. The molecule has 0 fully saturated rings. The van der Waals surface area contributed by atoms with E-state index >= 15 is 0 Å². The quantitative estimate of drug-likeness (QED) is 0.844. The molecule has 0 amide bonds. The Morgan fingerprint density at radius 3 is 2.50 bits per heavy atom. The van der Waals surface area contributed by atoms with Crippen molar-refractivity contribution in [2.75, 3.05) is 0 Å². The highest BCUT2D eigenvalue weighted by molar-refractivity contribution is 6.16. The van der Waals surface area contributed by atoms with E-state index in [2.05, 4.69) is 9.97 Å². The predicted molar refractivity (Wildman–Crippen MR) is 64.6 cm³/mol. The molecule has 2 rings (SSSR count). The molecular formula is C11H11Cl2FN2. The number of alkyl halides is 1. The van der Waals surface area contributed by atoms with Crippen LogP contribution in [0.3, 0.4) is 0 Å². The molecule has 0 aliphatic rings. The van der Waals surface area contributed by atoms with Gasteiger partial charge in [0.2, 0.25) is 0 Å². The summed E-state index contributed by atoms with van der Waals surface area (Å²) in [5.41, 5.74) is 1.92. The van der Waals surface area contributed by atoms with E-state index in [0.717, 1.165) is 17.1 Å². The average Bonchev–Trinajstić information content (AvgIpc) is 2.69. The average molecular weight is 261 g/mol. The smallest absolute Gasteiger partial charge is 0.123 e. The van der Waals surface area contributed by atoms with Gasteiger partial charge in [-0.1, -0.05) is 12.1 Å². The molecule has 0 aliphatic carbocycles. The lowest BCUT2D eigenvalue weighted by Gasteiger charge is -1.97. The fourth-order valence-corrected chi connectivity index (χ4v) is 1.49. The number of hydrogen-bond acceptors (Lipinski definition) is 1. The Morgan fingerprint density at radius 2 is 1.94 bits per heavy atom. The number of imidazole rings is 1. The van der Waals surface area contributed by atoms with Gasteiger partial charge in [0.25, 0.3) is 0 Å². The van der Waals surface area contributed by atoms with Crippen LogP contribution in [-0.2, 0) is 12.3 Å². The fraction of sp³-hybridized carbons (Fsp3) is 0.182. The topological polar surface area (TPSA) is 28.7 Å². The van der Waals surface area contributed by atoms with Crippen molar-refractivity contribution < 1.29 is 4.39 Å². The first kappa shape index (κ1) is 13.0. The van der Waals surface area contributed by atoms with Gasteiger partial charge in [0.05, 0.1) is 5.88 Å². The first-order valence-corrected chi connectivity index (χ1v) is 5.14. The van der Waals surface area contributed by atoms with Crippen molar-refractivity contribution >= 4 is 24.0 Å². The third kappa shape index (κ3) is 3.22. The molecule has 0 bridgehead atoms. The molecule has 5 heteroatoms. The van der Waals surface area contributed by atoms with Crippen molar-refractivity contribution in [1.82, 2.24) is 9.97 Å². The van der Waals surface area contributed by atoms with E-state index in [9.17, 15) is 4.39 Å². The van der Waals surface area contributed by atoms with Gasteiger partial charge < -0.3 is 4.98 Å². The van der Waals surface area contributed by atoms with Crippen LogP contribution in [-0.4, -0.2) is 9.97 Å². The molecule has 0 saturated carbocycles. The van der Waals surface area contributed by atoms with Crippen LogP contribution in [0.4, 0.5) is 4.39 Å². The Morgan fingerprint density at radius 1 is 1.25 bits per heavy atom. The minimum absolute atomic E-state index is 0. The number of halogens is 3. The monoisotopic (exact) mass is 260 g/mol. The second-order valence-corrected chi connectivity index (χ2v) is 3.56. The maximum Gasteiger partial charge on any atom is 0.123 e. The first-order valence-electron chi connectivity index (χ1n) is 4.61. The molecule has 0 spiro atoms. The lowest BCUT2D eigenvalue weighted by Crippen LogP contribution is -1.91. The molecule has 0 atom stereocenters. The molecule has 2 nitrogen and oxygen atoms in total. The highest BCUT2D eigenvalue weighted by Crippen LogP contribution is 2.08. The minimum Gasteiger partial charge on any atom is -0.345 e. The fourth-order valence-electron chi connectivity index (χ4n) is 1.36. The molecule has 1 N–H and O–H groups in total. The molecular weight excluding hydrogens is 250 g/mol. The lowest BCUT2D eigenvalue weighted by atomic mass is 10.1. The van der Waals surface area contributed by atoms with Crippen molar-refractivity contribution in [3.05, 3.63) is 53.4 Å². The zero-order valence-electron chi connectivity index (χ0n) is 8.41. The van der Waals surface area contributed by atoms with E-state index in [-0.39, 0.29) is 18.2 Å². The molecule has 0 unspecified atom stereocenters. The van der Waals surface area contributed by atoms with Gasteiger partial charge in [-0.15, -0.1) is 24.0 Å². The van der Waals surface area contributed by atoms with Crippen LogP contribution in [0.15, 0.2) is 30.5 Å². The summed E-state index contributed by atoms with van der Waals surface area (Å²) < 4.78 is 12.6. The number of rotatable bonds is 3. The van der Waals surface area contributed by atoms with E-state index in [0.29, 0.717) is 12.3 Å². The Balaban J connectivity index is 0.00000128. The number of H-pyrrole nitrogens is 1. The number of nitrogens with one attached hydrogen (secondary N) is 1. The van der Waals surface area contributed by atoms with E-state index in [1.165, 1.54) is 12.1 Å². The maximum absolute atomic E-state index is 12.6. The van der Waals surface area contributed by atoms with Gasteiger partial charge in [-0.2, -0.15) is 0 Å². The second-order valence-electron chi connectivity index (χ2n) is 3.29. The standard InChI is InChI=1S/C11H10ClFN2.ClH/c12-6-10-7-14-11(15-10)5-8-1-3-9(13)4-2-8;/h1-4,7H,5-6H2,(H,14,15);1H. The van der Waals surface area contributed by atoms with Crippen LogP contribution in [0.2, 0.25) is 0 Å². The van der Waals surface area contributed by atoms with Crippen LogP contribution >= 0.6 is 24.0 Å². The summed E-state index contributed by atoms with van der Waals surface area (Å²) in [6.07, 6.45) is 2.38. The zero-order chi connectivity index (χ0) is 10.7. The summed E-state index contributed by atoms with van der Waals surface area (Å²) in [7, 11) is 0. The predicted octanol–water partition coefficient (Wildman–Crippen LogP) is 3.30. The highest BCUT2D eigenvalue weighted by atomic mass is 35.5. The number of aromatic nitrogens is 2. The molecule has 1 aromatic carbocycles. The van der Waals surface area contributed by atoms with E-state index in [4.69, 9.17) is 11.6 Å². The third-order valence-electron chi connectivity index (χ3n) is 2.11. The van der Waals surface area contributed by atoms with Crippen LogP contribution < -0.4 is 0 Å². The Labute approximate surface area is 104 Å². The molecule has 1 aromatic heterocycles. The third-order valence-corrected chi connectivity index (χ3v) is 2.40. The molecule has 1 heterocycles. The van der Waals surface area contributed by atoms with Gasteiger partial charge in [0.1, 0.15) is 11.6 Å². The zero-order valence-corrected chi connectivity index (χ0v) is 9.98. The second kappa shape index (κ2) is 5.87. The largest absolute Gasteiger partial charge is 0.345 e. The molecule has 0 aliphatic heterocycles. The van der Waals surface area contributed by atoms with E-state index in [1.807, 2.05) is 0 Å². The van der Waals surface area contributed by atoms with Crippen molar-refractivity contribution in [3.63, 3.8) is 0 Å². The van der Waals surface area contributed by atoms with Crippen LogP contribution in [0.25, 0.3) is 0 Å². The Bertz CT molecular complexity index is 440. The summed E-state index contributed by atoms with van der Waals surface area (Å²) in [6, 6.07) is 6.39. The van der Waals surface area contributed by atoms with E-state index in [1.54, 1.807) is 18.3 Å². The van der Waals surface area contributed by atoms with Gasteiger partial charge in [0.15, 0.2) is 0 Å². The van der Waals surface area contributed by atoms with Gasteiger partial charge in [-0.3, -0.25) is 0 Å². The summed E-state index contributed by atoms with van der Waals surface area (Å²) in [5.74, 6) is 1.05. The summed E-state index contributed by atoms with van der Waals surface area (Å²) in [4.78, 5) is 7.26. The SMILES string of the molecule is Cl.Fc1ccc(Cc2ncc(CCl)[nH]2)cc1. The van der Waals surface area contributed by atoms with Gasteiger partial charge in [-0.25, -0.2) is 9.37 Å². The summed E-state index contributed by atoms with van der Waals surface area (Å²) in [6.45, 7) is 0. The molecule has 2 aromatic rings. The highest BCUT2D eigenvalue weighted by Gasteiger charge is 2.01. The lowest BCUT2D eigenvalue weighted by molar-refractivity contribution is 0.627. The van der Waals surface area contributed by atoms with Crippen molar-refractivity contribution in [2.45, 2.75) is 12.3 Å². The van der Waals surface area contributed by atoms with Gasteiger partial charge in [0, 0.05) is 18.3 Å². The van der Waals surface area contributed by atoms with Crippen LogP contribution in [0, 0.1) is 5.82 Å². The van der Waals surface area contributed by atoms with Crippen molar-refractivity contribution in [2.24, 2.45) is 0 Å². The minimum atomic E-state index is -0.223. The molecule has 86 valence electrons.